The summed E-state index contributed by atoms with van der Waals surface area (Å²) in [6, 6.07) is 18.6. The average Bonchev–Trinajstić information content (AvgIpc) is 3.12. The van der Waals surface area contributed by atoms with Crippen molar-refractivity contribution in [1.82, 2.24) is 0 Å². The van der Waals surface area contributed by atoms with E-state index in [4.69, 9.17) is 4.74 Å². The molecule has 180 valence electrons. The van der Waals surface area contributed by atoms with Gasteiger partial charge in [0.05, 0.1) is 18.2 Å². The number of hydrogen-bond donors (Lipinski definition) is 1. The zero-order valence-corrected chi connectivity index (χ0v) is 19.8. The summed E-state index contributed by atoms with van der Waals surface area (Å²) in [5.41, 5.74) is 1.56. The molecule has 0 radical (unpaired) electrons. The quantitative estimate of drug-likeness (QED) is 0.180. The van der Waals surface area contributed by atoms with Crippen LogP contribution in [0, 0.1) is 12.7 Å². The molecule has 0 aliphatic carbocycles. The van der Waals surface area contributed by atoms with Crippen LogP contribution in [0.2, 0.25) is 0 Å². The molecule has 3 aromatic rings. The predicted molar refractivity (Wildman–Crippen MR) is 134 cm³/mol. The van der Waals surface area contributed by atoms with Crippen LogP contribution in [-0.2, 0) is 9.59 Å². The highest BCUT2D eigenvalue weighted by atomic mass is 19.1. The minimum absolute atomic E-state index is 0.132. The Hall–Kier alpha value is -3.93. The first-order valence-electron chi connectivity index (χ1n) is 11.8. The van der Waals surface area contributed by atoms with Crippen LogP contribution in [0.25, 0.3) is 5.76 Å². The van der Waals surface area contributed by atoms with Gasteiger partial charge in [0.1, 0.15) is 17.3 Å². The molecule has 6 heteroatoms. The van der Waals surface area contributed by atoms with Crippen molar-refractivity contribution >= 4 is 23.1 Å². The lowest BCUT2D eigenvalue weighted by atomic mass is 9.94. The molecular weight excluding hydrogens is 445 g/mol. The molecule has 1 unspecified atom stereocenters. The van der Waals surface area contributed by atoms with Crippen LogP contribution in [0.15, 0.2) is 78.4 Å². The SMILES string of the molecule is CCCCCOc1ccc(/C(O)=C2\C(=O)C(=O)N(c3ccccc3C)C2c2ccccc2F)cc1. The van der Waals surface area contributed by atoms with Gasteiger partial charge in [-0.1, -0.05) is 56.2 Å². The summed E-state index contributed by atoms with van der Waals surface area (Å²) < 4.78 is 20.7. The van der Waals surface area contributed by atoms with Crippen LogP contribution < -0.4 is 9.64 Å². The number of carbonyl (C=O) groups is 2. The van der Waals surface area contributed by atoms with E-state index in [1.807, 2.05) is 19.1 Å². The van der Waals surface area contributed by atoms with Crippen LogP contribution in [0.4, 0.5) is 10.1 Å². The van der Waals surface area contributed by atoms with Crippen LogP contribution in [0.3, 0.4) is 0 Å². The van der Waals surface area contributed by atoms with E-state index in [0.29, 0.717) is 23.6 Å². The molecule has 1 N–H and O–H groups in total. The van der Waals surface area contributed by atoms with Gasteiger partial charge in [-0.05, 0) is 55.3 Å². The van der Waals surface area contributed by atoms with Crippen molar-refractivity contribution in [3.05, 3.63) is 101 Å². The van der Waals surface area contributed by atoms with E-state index in [0.717, 1.165) is 24.8 Å². The molecule has 0 aromatic heterocycles. The van der Waals surface area contributed by atoms with Gasteiger partial charge in [-0.15, -0.1) is 0 Å². The fourth-order valence-corrected chi connectivity index (χ4v) is 4.31. The number of anilines is 1. The van der Waals surface area contributed by atoms with Gasteiger partial charge in [0.2, 0.25) is 0 Å². The summed E-state index contributed by atoms with van der Waals surface area (Å²) in [4.78, 5) is 27.7. The number of amides is 1. The minimum Gasteiger partial charge on any atom is -0.507 e. The van der Waals surface area contributed by atoms with Gasteiger partial charge in [-0.2, -0.15) is 0 Å². The van der Waals surface area contributed by atoms with Crippen LogP contribution in [-0.4, -0.2) is 23.4 Å². The standard InChI is InChI=1S/C29H28FNO4/c1-3-4-9-18-35-21-16-14-20(15-17-21)27(32)25-26(22-11-6-7-12-23(22)30)31(29(34)28(25)33)24-13-8-5-10-19(24)2/h5-8,10-17,26,32H,3-4,9,18H2,1-2H3/b27-25+. The number of ether oxygens (including phenoxy) is 1. The Bertz CT molecular complexity index is 1270. The zero-order chi connectivity index (χ0) is 24.9. The first-order valence-corrected chi connectivity index (χ1v) is 11.8. The number of carbonyl (C=O) groups excluding carboxylic acids is 2. The summed E-state index contributed by atoms with van der Waals surface area (Å²) in [6.45, 7) is 4.52. The number of ketones is 1. The van der Waals surface area contributed by atoms with E-state index >= 15 is 0 Å². The molecule has 1 heterocycles. The zero-order valence-electron chi connectivity index (χ0n) is 19.8. The highest BCUT2D eigenvalue weighted by Gasteiger charge is 2.48. The van der Waals surface area contributed by atoms with Crippen LogP contribution >= 0.6 is 0 Å². The predicted octanol–water partition coefficient (Wildman–Crippen LogP) is 6.33. The maximum atomic E-state index is 15.0. The summed E-state index contributed by atoms with van der Waals surface area (Å²) in [6.07, 6.45) is 3.12. The van der Waals surface area contributed by atoms with Gasteiger partial charge >= 0.3 is 0 Å². The molecule has 1 fully saturated rings. The number of halogens is 1. The number of Topliss-reactive ketones (excluding diaryl/α,β-unsaturated/α-hetero) is 1. The first kappa shape index (κ1) is 24.2. The Morgan fingerprint density at radius 1 is 0.971 bits per heavy atom. The molecule has 5 nitrogen and oxygen atoms in total. The second kappa shape index (κ2) is 10.6. The number of aliphatic hydroxyl groups is 1. The number of rotatable bonds is 8. The molecule has 35 heavy (non-hydrogen) atoms. The normalized spacial score (nSPS) is 17.1. The lowest BCUT2D eigenvalue weighted by Crippen LogP contribution is -2.30. The number of aryl methyl sites for hydroxylation is 1. The van der Waals surface area contributed by atoms with E-state index in [2.05, 4.69) is 6.92 Å². The van der Waals surface area contributed by atoms with Crippen molar-refractivity contribution in [2.45, 2.75) is 39.2 Å². The number of benzene rings is 3. The van der Waals surface area contributed by atoms with E-state index in [9.17, 15) is 19.1 Å². The van der Waals surface area contributed by atoms with Crippen molar-refractivity contribution in [3.63, 3.8) is 0 Å². The molecule has 0 saturated carbocycles. The minimum atomic E-state index is -1.11. The van der Waals surface area contributed by atoms with Crippen molar-refractivity contribution in [2.24, 2.45) is 0 Å². The molecule has 1 amide bonds. The van der Waals surface area contributed by atoms with Gasteiger partial charge in [-0.25, -0.2) is 4.39 Å². The molecular formula is C29H28FNO4. The monoisotopic (exact) mass is 473 g/mol. The Kier molecular flexibility index (Phi) is 7.30. The fraction of sp³-hybridized carbons (Fsp3) is 0.241. The van der Waals surface area contributed by atoms with Gasteiger partial charge < -0.3 is 9.84 Å². The molecule has 0 bridgehead atoms. The average molecular weight is 474 g/mol. The number of para-hydroxylation sites is 1. The van der Waals surface area contributed by atoms with Gasteiger partial charge in [0.25, 0.3) is 11.7 Å². The molecule has 1 atom stereocenters. The first-order chi connectivity index (χ1) is 16.9. The van der Waals surface area contributed by atoms with E-state index < -0.39 is 23.5 Å². The van der Waals surface area contributed by atoms with Gasteiger partial charge in [0.15, 0.2) is 0 Å². The molecule has 0 spiro atoms. The molecule has 4 rings (SSSR count). The third kappa shape index (κ3) is 4.83. The summed E-state index contributed by atoms with van der Waals surface area (Å²) in [5, 5.41) is 11.2. The smallest absolute Gasteiger partial charge is 0.300 e. The topological polar surface area (TPSA) is 66.8 Å². The maximum Gasteiger partial charge on any atom is 0.300 e. The Morgan fingerprint density at radius 3 is 2.34 bits per heavy atom. The van der Waals surface area contributed by atoms with E-state index in [1.165, 1.54) is 23.1 Å². The highest BCUT2D eigenvalue weighted by molar-refractivity contribution is 6.51. The third-order valence-electron chi connectivity index (χ3n) is 6.16. The molecule has 1 saturated heterocycles. The molecule has 3 aromatic carbocycles. The van der Waals surface area contributed by atoms with Crippen LogP contribution in [0.5, 0.6) is 5.75 Å². The largest absolute Gasteiger partial charge is 0.507 e. The third-order valence-corrected chi connectivity index (χ3v) is 6.16. The van der Waals surface area contributed by atoms with Crippen molar-refractivity contribution < 1.29 is 23.8 Å². The summed E-state index contributed by atoms with van der Waals surface area (Å²) >= 11 is 0. The van der Waals surface area contributed by atoms with Gasteiger partial charge in [0, 0.05) is 16.8 Å². The van der Waals surface area contributed by atoms with Crippen molar-refractivity contribution in [3.8, 4) is 5.75 Å². The summed E-state index contributed by atoms with van der Waals surface area (Å²) in [5.74, 6) is -1.96. The second-order valence-electron chi connectivity index (χ2n) is 8.56. The Balaban J connectivity index is 1.78. The lowest BCUT2D eigenvalue weighted by molar-refractivity contribution is -0.132. The highest BCUT2D eigenvalue weighted by Crippen LogP contribution is 2.43. The van der Waals surface area contributed by atoms with Gasteiger partial charge in [-0.3, -0.25) is 14.5 Å². The Morgan fingerprint density at radius 2 is 1.66 bits per heavy atom. The maximum absolute atomic E-state index is 15.0. The number of nitrogens with zero attached hydrogens (tertiary/aromatic N) is 1. The molecule has 1 aliphatic heterocycles. The summed E-state index contributed by atoms with van der Waals surface area (Å²) in [7, 11) is 0. The lowest BCUT2D eigenvalue weighted by Gasteiger charge is -2.27. The van der Waals surface area contributed by atoms with Crippen molar-refractivity contribution in [2.75, 3.05) is 11.5 Å². The molecule has 1 aliphatic rings. The van der Waals surface area contributed by atoms with Crippen LogP contribution in [0.1, 0.15) is 48.9 Å². The number of unbranched alkanes of at least 4 members (excludes halogenated alkanes) is 2. The van der Waals surface area contributed by atoms with E-state index in [1.54, 1.807) is 42.5 Å². The fourth-order valence-electron chi connectivity index (χ4n) is 4.31. The Labute approximate surface area is 204 Å². The second-order valence-corrected chi connectivity index (χ2v) is 8.56. The van der Waals surface area contributed by atoms with Crippen molar-refractivity contribution in [1.29, 1.82) is 0 Å². The number of hydrogen-bond acceptors (Lipinski definition) is 4. The number of aliphatic hydroxyl groups excluding tert-OH is 1. The van der Waals surface area contributed by atoms with E-state index in [-0.39, 0.29) is 16.9 Å².